The van der Waals surface area contributed by atoms with Gasteiger partial charge < -0.3 is 55.0 Å². The molecule has 4 aliphatic heterocycles. The molecule has 0 radical (unpaired) electrons. The smallest absolute Gasteiger partial charge is 0.416 e. The van der Waals surface area contributed by atoms with Crippen LogP contribution in [0, 0.1) is 5.92 Å². The van der Waals surface area contributed by atoms with Crippen LogP contribution in [0.5, 0.6) is 23.0 Å². The van der Waals surface area contributed by atoms with Gasteiger partial charge in [-0.3, -0.25) is 24.2 Å². The van der Waals surface area contributed by atoms with E-state index >= 15 is 0 Å². The summed E-state index contributed by atoms with van der Waals surface area (Å²) < 4.78 is 29.3. The van der Waals surface area contributed by atoms with E-state index in [4.69, 9.17) is 29.4 Å². The molecule has 2 fully saturated rings. The normalized spacial score (nSPS) is 20.9. The minimum atomic E-state index is -1.48. The Kier molecular flexibility index (Phi) is 13.6. The molecule has 4 aliphatic rings. The van der Waals surface area contributed by atoms with Gasteiger partial charge in [0.05, 0.1) is 67.6 Å². The standard InChI is InChI=1S/C46H57N7O11/c1-26(2)39(47)41(55)49-27(3)40(54)50-29-13-11-28(12-14-29)25-64-45(59)53-34-23-38(36(61-6)21-32(34)43(57)52-17-8-15-46(52,4)44(53)58)63-19-9-18-62-37-22-33-31(20-35(37)60-5)42(56)51-16-7-10-30(51)24-48-33/h11-14,20-24,26-27,30,39,44,58H,7-10,15-19,25,47H2,1-6H3,(H,49,55)(H,50,54)/t27-,30-,39-,44-,46?/m0/s1. The molecule has 64 heavy (non-hydrogen) atoms. The highest BCUT2D eigenvalue weighted by atomic mass is 16.6. The Balaban J connectivity index is 1.03. The predicted molar refractivity (Wildman–Crippen MR) is 237 cm³/mol. The number of hydrogen-bond donors (Lipinski definition) is 4. The number of nitrogens with one attached hydrogen (secondary N) is 2. The van der Waals surface area contributed by atoms with Gasteiger partial charge in [-0.2, -0.15) is 0 Å². The molecule has 2 saturated heterocycles. The fourth-order valence-corrected chi connectivity index (χ4v) is 8.40. The minimum Gasteiger partial charge on any atom is -0.493 e. The second-order valence-electron chi connectivity index (χ2n) is 17.0. The first-order chi connectivity index (χ1) is 30.6. The number of nitrogens with zero attached hydrogens (tertiary/aromatic N) is 4. The Morgan fingerprint density at radius 3 is 2.23 bits per heavy atom. The van der Waals surface area contributed by atoms with E-state index in [1.807, 2.05) is 25.0 Å². The van der Waals surface area contributed by atoms with E-state index < -0.39 is 41.8 Å². The number of ether oxygens (including phenoxy) is 5. The van der Waals surface area contributed by atoms with Crippen molar-refractivity contribution in [2.75, 3.05) is 50.7 Å². The number of methoxy groups -OCH3 is 2. The Morgan fingerprint density at radius 1 is 0.891 bits per heavy atom. The third-order valence-corrected chi connectivity index (χ3v) is 12.3. The van der Waals surface area contributed by atoms with E-state index in [2.05, 4.69) is 15.6 Å². The van der Waals surface area contributed by atoms with Gasteiger partial charge in [-0.25, -0.2) is 9.69 Å². The average Bonchev–Trinajstić information content (AvgIpc) is 3.90. The number of nitrogens with two attached hydrogens (primary N) is 1. The zero-order valence-corrected chi connectivity index (χ0v) is 37.0. The summed E-state index contributed by atoms with van der Waals surface area (Å²) in [5, 5.41) is 17.3. The summed E-state index contributed by atoms with van der Waals surface area (Å²) in [5.74, 6) is -0.127. The van der Waals surface area contributed by atoms with Crippen molar-refractivity contribution < 1.29 is 52.8 Å². The monoisotopic (exact) mass is 883 g/mol. The molecule has 0 bridgehead atoms. The first-order valence-electron chi connectivity index (χ1n) is 21.6. The SMILES string of the molecule is COc1cc2c(cc1OCCCOc1cc3c(cc1OC)C(=O)N1CCCC1(C)[C@H](O)N3C(=O)OCc1ccc(NC(=O)[C@H](C)NC(=O)[C@@H](N)C(C)C)cc1)N=C[C@@H]1CCCN1C2=O. The lowest BCUT2D eigenvalue weighted by Gasteiger charge is -2.40. The van der Waals surface area contributed by atoms with Crippen LogP contribution >= 0.6 is 0 Å². The first kappa shape index (κ1) is 45.6. The fourth-order valence-electron chi connectivity index (χ4n) is 8.40. The third-order valence-electron chi connectivity index (χ3n) is 12.3. The van der Waals surface area contributed by atoms with Gasteiger partial charge in [0.25, 0.3) is 11.8 Å². The van der Waals surface area contributed by atoms with E-state index in [-0.39, 0.29) is 66.3 Å². The molecule has 0 spiro atoms. The van der Waals surface area contributed by atoms with Crippen molar-refractivity contribution >= 4 is 53.0 Å². The summed E-state index contributed by atoms with van der Waals surface area (Å²) in [7, 11) is 2.95. The van der Waals surface area contributed by atoms with Crippen LogP contribution in [0.25, 0.3) is 0 Å². The highest BCUT2D eigenvalue weighted by Gasteiger charge is 2.53. The van der Waals surface area contributed by atoms with Crippen molar-refractivity contribution in [2.24, 2.45) is 16.6 Å². The summed E-state index contributed by atoms with van der Waals surface area (Å²) in [6.07, 6.45) is 2.69. The molecular weight excluding hydrogens is 827 g/mol. The van der Waals surface area contributed by atoms with Crippen LogP contribution in [0.1, 0.15) is 86.1 Å². The molecule has 3 aromatic carbocycles. The van der Waals surface area contributed by atoms with E-state index in [9.17, 15) is 29.1 Å². The average molecular weight is 884 g/mol. The van der Waals surface area contributed by atoms with E-state index in [1.54, 1.807) is 55.1 Å². The number of aliphatic hydroxyl groups is 1. The summed E-state index contributed by atoms with van der Waals surface area (Å²) in [6, 6.07) is 11.3. The number of hydrogen-bond acceptors (Lipinski definition) is 13. The van der Waals surface area contributed by atoms with Crippen LogP contribution in [-0.4, -0.2) is 121 Å². The van der Waals surface area contributed by atoms with Crippen molar-refractivity contribution in [3.63, 3.8) is 0 Å². The largest absolute Gasteiger partial charge is 0.493 e. The van der Waals surface area contributed by atoms with Crippen molar-refractivity contribution in [3.8, 4) is 23.0 Å². The lowest BCUT2D eigenvalue weighted by atomic mass is 9.96. The lowest BCUT2D eigenvalue weighted by molar-refractivity contribution is -0.127. The summed E-state index contributed by atoms with van der Waals surface area (Å²) >= 11 is 0. The molecule has 18 heteroatoms. The fraction of sp³-hybridized carbons (Fsp3) is 0.478. The number of benzene rings is 3. The Morgan fingerprint density at radius 2 is 1.56 bits per heavy atom. The van der Waals surface area contributed by atoms with Gasteiger partial charge in [-0.15, -0.1) is 0 Å². The molecule has 0 aliphatic carbocycles. The van der Waals surface area contributed by atoms with Gasteiger partial charge in [0.2, 0.25) is 11.8 Å². The number of aliphatic imine (C=N–C) groups is 1. The molecule has 1 unspecified atom stereocenters. The maximum atomic E-state index is 14.1. The van der Waals surface area contributed by atoms with Crippen LogP contribution in [0.2, 0.25) is 0 Å². The summed E-state index contributed by atoms with van der Waals surface area (Å²) in [6.45, 7) is 8.14. The predicted octanol–water partition coefficient (Wildman–Crippen LogP) is 4.77. The van der Waals surface area contributed by atoms with Gasteiger partial charge in [0, 0.05) is 43.5 Å². The quantitative estimate of drug-likeness (QED) is 0.152. The lowest BCUT2D eigenvalue weighted by Crippen LogP contribution is -2.59. The number of carbonyl (C=O) groups is 5. The molecule has 342 valence electrons. The summed E-state index contributed by atoms with van der Waals surface area (Å²) in [5.41, 5.74) is 7.00. The maximum absolute atomic E-state index is 14.1. The van der Waals surface area contributed by atoms with E-state index in [1.165, 1.54) is 26.4 Å². The molecule has 0 aromatic heterocycles. The first-order valence-corrected chi connectivity index (χ1v) is 21.6. The van der Waals surface area contributed by atoms with Crippen LogP contribution in [0.4, 0.5) is 21.9 Å². The molecule has 7 rings (SSSR count). The number of rotatable bonds is 15. The highest BCUT2D eigenvalue weighted by Crippen LogP contribution is 2.45. The van der Waals surface area contributed by atoms with Gasteiger partial charge in [0.15, 0.2) is 29.2 Å². The van der Waals surface area contributed by atoms with Crippen molar-refractivity contribution in [1.29, 1.82) is 0 Å². The van der Waals surface area contributed by atoms with Crippen molar-refractivity contribution in [1.82, 2.24) is 15.1 Å². The van der Waals surface area contributed by atoms with Gasteiger partial charge in [-0.1, -0.05) is 26.0 Å². The van der Waals surface area contributed by atoms with Crippen LogP contribution in [-0.2, 0) is 20.9 Å². The van der Waals surface area contributed by atoms with E-state index in [0.717, 1.165) is 17.7 Å². The molecule has 18 nitrogen and oxygen atoms in total. The number of anilines is 2. The molecule has 0 saturated carbocycles. The van der Waals surface area contributed by atoms with Crippen molar-refractivity contribution in [2.45, 2.75) is 96.3 Å². The van der Waals surface area contributed by atoms with Crippen LogP contribution < -0.4 is 40.2 Å². The minimum absolute atomic E-state index is 0.0299. The molecular formula is C46H57N7O11. The molecule has 5 N–H and O–H groups in total. The van der Waals surface area contributed by atoms with Gasteiger partial charge in [0.1, 0.15) is 12.6 Å². The highest BCUT2D eigenvalue weighted by molar-refractivity contribution is 6.06. The second kappa shape index (κ2) is 19.1. The molecule has 3 aromatic rings. The van der Waals surface area contributed by atoms with Crippen LogP contribution in [0.3, 0.4) is 0 Å². The Labute approximate surface area is 372 Å². The molecule has 4 heterocycles. The third kappa shape index (κ3) is 9.15. The number of aliphatic hydroxyl groups excluding tert-OH is 1. The van der Waals surface area contributed by atoms with Gasteiger partial charge >= 0.3 is 6.09 Å². The number of amides is 5. The Bertz CT molecular complexity index is 2300. The van der Waals surface area contributed by atoms with Gasteiger partial charge in [-0.05, 0) is 75.3 Å². The summed E-state index contributed by atoms with van der Waals surface area (Å²) in [4.78, 5) is 75.8. The zero-order valence-electron chi connectivity index (χ0n) is 37.0. The van der Waals surface area contributed by atoms with Crippen LogP contribution in [0.15, 0.2) is 53.5 Å². The second-order valence-corrected chi connectivity index (χ2v) is 17.0. The zero-order chi connectivity index (χ0) is 45.9. The maximum Gasteiger partial charge on any atom is 0.416 e. The Hall–Kier alpha value is -6.40. The topological polar surface area (TPSA) is 224 Å². The van der Waals surface area contributed by atoms with Crippen molar-refractivity contribution in [3.05, 3.63) is 65.2 Å². The van der Waals surface area contributed by atoms with E-state index in [0.29, 0.717) is 66.4 Å². The molecule has 5 atom stereocenters. The number of carbonyl (C=O) groups excluding carboxylic acids is 5. The molecule has 5 amide bonds. The number of fused-ring (bicyclic) bond motifs is 4.